The van der Waals surface area contributed by atoms with E-state index in [0.717, 1.165) is 12.2 Å². The molecule has 0 aliphatic rings. The normalized spacial score (nSPS) is 9.79. The molecule has 1 aromatic rings. The van der Waals surface area contributed by atoms with Gasteiger partial charge in [-0.05, 0) is 12.0 Å². The molecule has 0 spiro atoms. The maximum absolute atomic E-state index is 10.8. The molecule has 0 aromatic heterocycles. The molecule has 0 N–H and O–H groups in total. The van der Waals surface area contributed by atoms with Crippen molar-refractivity contribution in [2.75, 3.05) is 5.75 Å². The molecule has 0 fully saturated rings. The zero-order valence-electron chi connectivity index (χ0n) is 8.23. The maximum atomic E-state index is 10.8. The fourth-order valence-corrected chi connectivity index (χ4v) is 1.62. The molecule has 2 nitrogen and oxygen atoms in total. The third kappa shape index (κ3) is 4.33. The second-order valence-corrected chi connectivity index (χ2v) is 3.68. The highest BCUT2D eigenvalue weighted by Crippen LogP contribution is 2.08. The number of hydrogen-bond donors (Lipinski definition) is 0. The number of carbonyl (C=O) groups excluding carboxylic acids is 1. The van der Waals surface area contributed by atoms with Crippen LogP contribution in [0.25, 0.3) is 0 Å². The Bertz CT molecular complexity index is 272. The van der Waals surface area contributed by atoms with Crippen molar-refractivity contribution in [1.82, 2.24) is 0 Å². The standard InChI is InChI=1S/C11H14O2S/c1-2-11(12)13-14-9-8-10-6-4-3-5-7-10/h3-7H,2,8-9H2,1H3. The third-order valence-corrected chi connectivity index (χ3v) is 2.43. The van der Waals surface area contributed by atoms with E-state index in [-0.39, 0.29) is 5.97 Å². The summed E-state index contributed by atoms with van der Waals surface area (Å²) in [6.45, 7) is 1.79. The minimum Gasteiger partial charge on any atom is -0.391 e. The van der Waals surface area contributed by atoms with Gasteiger partial charge >= 0.3 is 5.97 Å². The molecule has 1 rings (SSSR count). The number of hydrogen-bond acceptors (Lipinski definition) is 3. The van der Waals surface area contributed by atoms with Gasteiger partial charge in [0.1, 0.15) is 0 Å². The topological polar surface area (TPSA) is 26.3 Å². The zero-order chi connectivity index (χ0) is 10.2. The fraction of sp³-hybridized carbons (Fsp3) is 0.364. The summed E-state index contributed by atoms with van der Waals surface area (Å²) in [4.78, 5) is 10.8. The van der Waals surface area contributed by atoms with E-state index in [1.165, 1.54) is 17.6 Å². The summed E-state index contributed by atoms with van der Waals surface area (Å²) in [6, 6.07) is 10.2. The summed E-state index contributed by atoms with van der Waals surface area (Å²) in [5.41, 5.74) is 1.27. The van der Waals surface area contributed by atoms with Gasteiger partial charge in [0, 0.05) is 12.2 Å². The van der Waals surface area contributed by atoms with Crippen molar-refractivity contribution in [3.05, 3.63) is 35.9 Å². The Balaban J connectivity index is 2.13. The lowest BCUT2D eigenvalue weighted by molar-refractivity contribution is -0.132. The number of carbonyl (C=O) groups is 1. The van der Waals surface area contributed by atoms with E-state index in [0.29, 0.717) is 6.42 Å². The predicted octanol–water partition coefficient (Wildman–Crippen LogP) is 2.83. The van der Waals surface area contributed by atoms with Crippen LogP contribution in [0.15, 0.2) is 30.3 Å². The van der Waals surface area contributed by atoms with Crippen LogP contribution < -0.4 is 0 Å². The molecule has 0 saturated carbocycles. The fourth-order valence-electron chi connectivity index (χ4n) is 0.971. The second-order valence-electron chi connectivity index (χ2n) is 2.87. The van der Waals surface area contributed by atoms with E-state index in [9.17, 15) is 4.79 Å². The molecule has 0 saturated heterocycles. The zero-order valence-corrected chi connectivity index (χ0v) is 9.05. The molecular formula is C11H14O2S. The molecule has 0 heterocycles. The minimum absolute atomic E-state index is 0.150. The molecule has 0 atom stereocenters. The molecule has 0 aliphatic carbocycles. The van der Waals surface area contributed by atoms with E-state index in [4.69, 9.17) is 4.18 Å². The smallest absolute Gasteiger partial charge is 0.317 e. The summed E-state index contributed by atoms with van der Waals surface area (Å²) >= 11 is 1.23. The highest BCUT2D eigenvalue weighted by Gasteiger charge is 1.99. The molecule has 0 radical (unpaired) electrons. The first kappa shape index (κ1) is 11.1. The van der Waals surface area contributed by atoms with E-state index >= 15 is 0 Å². The quantitative estimate of drug-likeness (QED) is 0.552. The highest BCUT2D eigenvalue weighted by molar-refractivity contribution is 7.95. The van der Waals surface area contributed by atoms with Crippen LogP contribution in [0, 0.1) is 0 Å². The lowest BCUT2D eigenvalue weighted by Crippen LogP contribution is -1.97. The third-order valence-electron chi connectivity index (χ3n) is 1.76. The first-order chi connectivity index (χ1) is 6.83. The van der Waals surface area contributed by atoms with E-state index in [1.807, 2.05) is 18.2 Å². The molecule has 0 bridgehead atoms. The van der Waals surface area contributed by atoms with E-state index in [1.54, 1.807) is 6.92 Å². The van der Waals surface area contributed by atoms with Gasteiger partial charge in [0.25, 0.3) is 0 Å². The summed E-state index contributed by atoms with van der Waals surface area (Å²) in [5, 5.41) is 0. The van der Waals surface area contributed by atoms with Crippen LogP contribution in [-0.4, -0.2) is 11.7 Å². The Morgan fingerprint density at radius 2 is 2.07 bits per heavy atom. The van der Waals surface area contributed by atoms with Crippen LogP contribution in [-0.2, 0) is 15.4 Å². The van der Waals surface area contributed by atoms with Crippen molar-refractivity contribution in [3.63, 3.8) is 0 Å². The van der Waals surface area contributed by atoms with Crippen LogP contribution in [0.5, 0.6) is 0 Å². The van der Waals surface area contributed by atoms with Crippen molar-refractivity contribution in [3.8, 4) is 0 Å². The molecule has 0 aliphatic heterocycles. The monoisotopic (exact) mass is 210 g/mol. The molecule has 14 heavy (non-hydrogen) atoms. The van der Waals surface area contributed by atoms with E-state index < -0.39 is 0 Å². The summed E-state index contributed by atoms with van der Waals surface area (Å²) in [7, 11) is 0. The molecule has 0 amide bonds. The largest absolute Gasteiger partial charge is 0.391 e. The first-order valence-corrected chi connectivity index (χ1v) is 5.60. The summed E-state index contributed by atoms with van der Waals surface area (Å²) < 4.78 is 4.89. The SMILES string of the molecule is CCC(=O)OSCCc1ccccc1. The van der Waals surface area contributed by atoms with E-state index in [2.05, 4.69) is 12.1 Å². The predicted molar refractivity (Wildman–Crippen MR) is 59.0 cm³/mol. The van der Waals surface area contributed by atoms with Gasteiger partial charge in [-0.1, -0.05) is 37.3 Å². The number of aryl methyl sites for hydroxylation is 1. The Morgan fingerprint density at radius 1 is 1.36 bits per heavy atom. The van der Waals surface area contributed by atoms with Crippen molar-refractivity contribution < 1.29 is 8.98 Å². The van der Waals surface area contributed by atoms with Gasteiger partial charge in [-0.15, -0.1) is 0 Å². The lowest BCUT2D eigenvalue weighted by atomic mass is 10.2. The summed E-state index contributed by atoms with van der Waals surface area (Å²) in [6.07, 6.45) is 1.38. The maximum Gasteiger partial charge on any atom is 0.317 e. The van der Waals surface area contributed by atoms with Crippen LogP contribution in [0.2, 0.25) is 0 Å². The Labute approximate surface area is 88.9 Å². The van der Waals surface area contributed by atoms with Crippen LogP contribution in [0.3, 0.4) is 0 Å². The van der Waals surface area contributed by atoms with Crippen molar-refractivity contribution in [2.45, 2.75) is 19.8 Å². The van der Waals surface area contributed by atoms with Crippen LogP contribution in [0.4, 0.5) is 0 Å². The average molecular weight is 210 g/mol. The van der Waals surface area contributed by atoms with Crippen LogP contribution in [0.1, 0.15) is 18.9 Å². The van der Waals surface area contributed by atoms with Gasteiger partial charge in [0.2, 0.25) is 0 Å². The van der Waals surface area contributed by atoms with Crippen molar-refractivity contribution in [2.24, 2.45) is 0 Å². The Kier molecular flexibility index (Phi) is 5.15. The van der Waals surface area contributed by atoms with Gasteiger partial charge in [0.15, 0.2) is 0 Å². The molecule has 3 heteroatoms. The van der Waals surface area contributed by atoms with Gasteiger partial charge < -0.3 is 4.18 Å². The van der Waals surface area contributed by atoms with Gasteiger partial charge in [0.05, 0.1) is 12.0 Å². The second kappa shape index (κ2) is 6.49. The minimum atomic E-state index is -0.150. The van der Waals surface area contributed by atoms with Gasteiger partial charge in [-0.2, -0.15) is 0 Å². The van der Waals surface area contributed by atoms with Gasteiger partial charge in [-0.3, -0.25) is 4.79 Å². The number of rotatable bonds is 5. The Hall–Kier alpha value is -0.960. The molecule has 0 unspecified atom stereocenters. The molecule has 1 aromatic carbocycles. The first-order valence-electron chi connectivity index (χ1n) is 4.69. The summed E-state index contributed by atoms with van der Waals surface area (Å²) in [5.74, 6) is 0.665. The lowest BCUT2D eigenvalue weighted by Gasteiger charge is -2.01. The van der Waals surface area contributed by atoms with Crippen molar-refractivity contribution in [1.29, 1.82) is 0 Å². The Morgan fingerprint density at radius 3 is 2.71 bits per heavy atom. The van der Waals surface area contributed by atoms with Crippen molar-refractivity contribution >= 4 is 18.0 Å². The number of benzene rings is 1. The highest BCUT2D eigenvalue weighted by atomic mass is 32.2. The molecular weight excluding hydrogens is 196 g/mol. The van der Waals surface area contributed by atoms with Crippen LogP contribution >= 0.6 is 12.0 Å². The van der Waals surface area contributed by atoms with Gasteiger partial charge in [-0.25, -0.2) is 0 Å². The average Bonchev–Trinajstić information content (AvgIpc) is 2.25. The molecule has 76 valence electrons.